The molecule has 0 saturated heterocycles. The van der Waals surface area contributed by atoms with Crippen LogP contribution in [0.2, 0.25) is 0 Å². The average Bonchev–Trinajstić information content (AvgIpc) is 2.80. The highest BCUT2D eigenvalue weighted by Crippen LogP contribution is 2.24. The van der Waals surface area contributed by atoms with Gasteiger partial charge >= 0.3 is 0 Å². The second-order valence-corrected chi connectivity index (χ2v) is 5.09. The van der Waals surface area contributed by atoms with Gasteiger partial charge in [0.2, 0.25) is 0 Å². The maximum absolute atomic E-state index is 8.86. The highest BCUT2D eigenvalue weighted by Gasteiger charge is 2.11. The summed E-state index contributed by atoms with van der Waals surface area (Å²) >= 11 is 0. The van der Waals surface area contributed by atoms with Gasteiger partial charge in [-0.1, -0.05) is 19.1 Å². The molecule has 1 aromatic heterocycles. The Labute approximate surface area is 120 Å². The Hall–Kier alpha value is -2.12. The van der Waals surface area contributed by atoms with Crippen molar-refractivity contribution in [3.05, 3.63) is 41.7 Å². The van der Waals surface area contributed by atoms with E-state index in [0.29, 0.717) is 5.56 Å². The van der Waals surface area contributed by atoms with Crippen LogP contribution in [0.3, 0.4) is 0 Å². The van der Waals surface area contributed by atoms with Crippen LogP contribution in [0, 0.1) is 11.3 Å². The van der Waals surface area contributed by atoms with Crippen molar-refractivity contribution < 1.29 is 0 Å². The standard InChI is InChI=1S/C16H20N4/c1-4-9-19(2)12-16-15(11-20(3)18-16)14-7-5-13(10-17)6-8-14/h5-8,11H,4,9,12H2,1-3H3. The van der Waals surface area contributed by atoms with Gasteiger partial charge < -0.3 is 4.90 Å². The lowest BCUT2D eigenvalue weighted by molar-refractivity contribution is 0.323. The van der Waals surface area contributed by atoms with Crippen molar-refractivity contribution in [3.8, 4) is 17.2 Å². The van der Waals surface area contributed by atoms with Gasteiger partial charge in [-0.2, -0.15) is 10.4 Å². The van der Waals surface area contributed by atoms with E-state index in [4.69, 9.17) is 5.26 Å². The van der Waals surface area contributed by atoms with Crippen LogP contribution in [0.4, 0.5) is 0 Å². The van der Waals surface area contributed by atoms with E-state index in [1.807, 2.05) is 42.2 Å². The number of aromatic nitrogens is 2. The Morgan fingerprint density at radius 3 is 2.60 bits per heavy atom. The van der Waals surface area contributed by atoms with E-state index in [0.717, 1.165) is 36.3 Å². The highest BCUT2D eigenvalue weighted by atomic mass is 15.3. The van der Waals surface area contributed by atoms with E-state index in [-0.39, 0.29) is 0 Å². The molecule has 0 unspecified atom stereocenters. The molecule has 1 heterocycles. The SMILES string of the molecule is CCCN(C)Cc1nn(C)cc1-c1ccc(C#N)cc1. The van der Waals surface area contributed by atoms with Gasteiger partial charge in [0.25, 0.3) is 0 Å². The number of benzene rings is 1. The molecule has 4 heteroatoms. The van der Waals surface area contributed by atoms with Crippen molar-refractivity contribution in [1.29, 1.82) is 5.26 Å². The number of hydrogen-bond donors (Lipinski definition) is 0. The van der Waals surface area contributed by atoms with Crippen molar-refractivity contribution in [3.63, 3.8) is 0 Å². The van der Waals surface area contributed by atoms with Crippen LogP contribution in [0.5, 0.6) is 0 Å². The second kappa shape index (κ2) is 6.36. The van der Waals surface area contributed by atoms with E-state index in [2.05, 4.69) is 30.0 Å². The topological polar surface area (TPSA) is 44.9 Å². The molecule has 0 amide bonds. The first-order chi connectivity index (χ1) is 9.63. The molecule has 4 nitrogen and oxygen atoms in total. The summed E-state index contributed by atoms with van der Waals surface area (Å²) in [5.74, 6) is 0. The summed E-state index contributed by atoms with van der Waals surface area (Å²) in [7, 11) is 4.05. The first-order valence-electron chi connectivity index (χ1n) is 6.85. The van der Waals surface area contributed by atoms with E-state index in [1.54, 1.807) is 0 Å². The van der Waals surface area contributed by atoms with Crippen molar-refractivity contribution in [1.82, 2.24) is 14.7 Å². The number of aryl methyl sites for hydroxylation is 1. The van der Waals surface area contributed by atoms with Gasteiger partial charge in [0.15, 0.2) is 0 Å². The normalized spacial score (nSPS) is 10.8. The minimum absolute atomic E-state index is 0.683. The number of rotatable bonds is 5. The van der Waals surface area contributed by atoms with Crippen LogP contribution < -0.4 is 0 Å². The molecule has 2 aromatic rings. The molecule has 0 saturated carbocycles. The zero-order valence-corrected chi connectivity index (χ0v) is 12.3. The Balaban J connectivity index is 2.29. The van der Waals surface area contributed by atoms with Crippen LogP contribution in [-0.4, -0.2) is 28.3 Å². The monoisotopic (exact) mass is 268 g/mol. The largest absolute Gasteiger partial charge is 0.300 e. The van der Waals surface area contributed by atoms with Gasteiger partial charge in [-0.15, -0.1) is 0 Å². The molecule has 0 aliphatic carbocycles. The summed E-state index contributed by atoms with van der Waals surface area (Å²) in [5, 5.41) is 13.4. The summed E-state index contributed by atoms with van der Waals surface area (Å²) in [6.45, 7) is 4.07. The molecule has 0 N–H and O–H groups in total. The van der Waals surface area contributed by atoms with E-state index in [1.165, 1.54) is 0 Å². The molecular weight excluding hydrogens is 248 g/mol. The number of hydrogen-bond acceptors (Lipinski definition) is 3. The highest BCUT2D eigenvalue weighted by molar-refractivity contribution is 5.66. The third-order valence-electron chi connectivity index (χ3n) is 3.26. The Bertz CT molecular complexity index is 604. The zero-order chi connectivity index (χ0) is 14.5. The maximum Gasteiger partial charge on any atom is 0.0991 e. The first-order valence-corrected chi connectivity index (χ1v) is 6.85. The predicted octanol–water partition coefficient (Wildman–Crippen LogP) is 2.80. The lowest BCUT2D eigenvalue weighted by Gasteiger charge is -2.14. The van der Waals surface area contributed by atoms with Gasteiger partial charge in [-0.3, -0.25) is 4.68 Å². The fourth-order valence-corrected chi connectivity index (χ4v) is 2.33. The molecule has 0 spiro atoms. The minimum atomic E-state index is 0.683. The quantitative estimate of drug-likeness (QED) is 0.837. The van der Waals surface area contributed by atoms with Gasteiger partial charge in [0.1, 0.15) is 0 Å². The smallest absolute Gasteiger partial charge is 0.0991 e. The van der Waals surface area contributed by atoms with Crippen LogP contribution in [0.1, 0.15) is 24.6 Å². The van der Waals surface area contributed by atoms with Crippen molar-refractivity contribution in [2.45, 2.75) is 19.9 Å². The minimum Gasteiger partial charge on any atom is -0.300 e. The van der Waals surface area contributed by atoms with Crippen molar-refractivity contribution in [2.24, 2.45) is 7.05 Å². The lowest BCUT2D eigenvalue weighted by Crippen LogP contribution is -2.19. The molecule has 1 aromatic carbocycles. The summed E-state index contributed by atoms with van der Waals surface area (Å²) in [5.41, 5.74) is 4.01. The maximum atomic E-state index is 8.86. The van der Waals surface area contributed by atoms with Gasteiger partial charge in [0.05, 0.1) is 17.3 Å². The van der Waals surface area contributed by atoms with Crippen molar-refractivity contribution in [2.75, 3.05) is 13.6 Å². The third-order valence-corrected chi connectivity index (χ3v) is 3.26. The molecule has 0 fully saturated rings. The number of nitrogens with zero attached hydrogens (tertiary/aromatic N) is 4. The third kappa shape index (κ3) is 3.25. The van der Waals surface area contributed by atoms with Gasteiger partial charge in [-0.25, -0.2) is 0 Å². The fraction of sp³-hybridized carbons (Fsp3) is 0.375. The molecule has 0 aliphatic rings. The summed E-state index contributed by atoms with van der Waals surface area (Å²) in [6.07, 6.45) is 3.17. The fourth-order valence-electron chi connectivity index (χ4n) is 2.33. The molecule has 2 rings (SSSR count). The molecule has 104 valence electrons. The van der Waals surface area contributed by atoms with E-state index in [9.17, 15) is 0 Å². The summed E-state index contributed by atoms with van der Waals surface area (Å²) in [6, 6.07) is 9.81. The Morgan fingerprint density at radius 1 is 1.30 bits per heavy atom. The van der Waals surface area contributed by atoms with E-state index >= 15 is 0 Å². The number of nitriles is 1. The molecule has 20 heavy (non-hydrogen) atoms. The van der Waals surface area contributed by atoms with E-state index < -0.39 is 0 Å². The molecule has 0 aliphatic heterocycles. The first kappa shape index (κ1) is 14.3. The van der Waals surface area contributed by atoms with Crippen LogP contribution in [0.25, 0.3) is 11.1 Å². The van der Waals surface area contributed by atoms with Crippen LogP contribution >= 0.6 is 0 Å². The zero-order valence-electron chi connectivity index (χ0n) is 12.3. The lowest BCUT2D eigenvalue weighted by atomic mass is 10.0. The predicted molar refractivity (Wildman–Crippen MR) is 80.0 cm³/mol. The summed E-state index contributed by atoms with van der Waals surface area (Å²) < 4.78 is 1.85. The van der Waals surface area contributed by atoms with Gasteiger partial charge in [-0.05, 0) is 37.7 Å². The molecular formula is C16H20N4. The van der Waals surface area contributed by atoms with Crippen LogP contribution in [-0.2, 0) is 13.6 Å². The molecule has 0 bridgehead atoms. The van der Waals surface area contributed by atoms with Crippen molar-refractivity contribution >= 4 is 0 Å². The molecule has 0 atom stereocenters. The molecule has 0 radical (unpaired) electrons. The Kier molecular flexibility index (Phi) is 4.54. The Morgan fingerprint density at radius 2 is 2.00 bits per heavy atom. The van der Waals surface area contributed by atoms with Crippen LogP contribution in [0.15, 0.2) is 30.5 Å². The average molecular weight is 268 g/mol. The summed E-state index contributed by atoms with van der Waals surface area (Å²) in [4.78, 5) is 2.27. The van der Waals surface area contributed by atoms with Gasteiger partial charge in [0, 0.05) is 25.4 Å². The second-order valence-electron chi connectivity index (χ2n) is 5.09.